The number of aromatic nitrogens is 1. The number of halogens is 4. The molecule has 1 aromatic heterocycles. The lowest BCUT2D eigenvalue weighted by Crippen LogP contribution is -2.44. The fraction of sp³-hybridized carbons (Fsp3) is 0.458. The topological polar surface area (TPSA) is 95.0 Å². The summed E-state index contributed by atoms with van der Waals surface area (Å²) >= 11 is 0. The lowest BCUT2D eigenvalue weighted by atomic mass is 9.95. The first-order valence-electron chi connectivity index (χ1n) is 11.1. The molecule has 1 aliphatic carbocycles. The molecule has 0 spiro atoms. The van der Waals surface area contributed by atoms with Crippen molar-refractivity contribution in [2.45, 2.75) is 50.6 Å². The maximum Gasteiger partial charge on any atom is 0.255 e. The molecule has 2 heterocycles. The zero-order valence-electron chi connectivity index (χ0n) is 18.6. The molecule has 1 aliphatic heterocycles. The molecule has 2 aliphatic rings. The van der Waals surface area contributed by atoms with Gasteiger partial charge in [-0.2, -0.15) is 5.26 Å². The lowest BCUT2D eigenvalue weighted by molar-refractivity contribution is 0.0935. The molecular weight excluding hydrogens is 450 g/mol. The second-order valence-electron chi connectivity index (χ2n) is 9.24. The van der Waals surface area contributed by atoms with Crippen molar-refractivity contribution in [3.05, 3.63) is 47.3 Å². The summed E-state index contributed by atoms with van der Waals surface area (Å²) in [6.07, 6.45) is 0.316. The maximum atomic E-state index is 14.1. The van der Waals surface area contributed by atoms with Crippen LogP contribution in [0.15, 0.2) is 24.4 Å². The molecule has 0 bridgehead atoms. The molecule has 2 fully saturated rings. The van der Waals surface area contributed by atoms with Crippen LogP contribution >= 0.6 is 0 Å². The Hall–Kier alpha value is -3.19. The van der Waals surface area contributed by atoms with Crippen molar-refractivity contribution in [3.8, 4) is 17.2 Å². The Morgan fingerprint density at radius 3 is 2.59 bits per heavy atom. The summed E-state index contributed by atoms with van der Waals surface area (Å²) in [5, 5.41) is 12.6. The first-order valence-corrected chi connectivity index (χ1v) is 11.1. The molecule has 2 aromatic rings. The van der Waals surface area contributed by atoms with Gasteiger partial charge in [0.2, 0.25) is 6.43 Å². The monoisotopic (exact) mass is 475 g/mol. The van der Waals surface area contributed by atoms with Crippen molar-refractivity contribution < 1.29 is 22.4 Å². The second-order valence-corrected chi connectivity index (χ2v) is 9.24. The summed E-state index contributed by atoms with van der Waals surface area (Å²) in [5.41, 5.74) is 5.24. The number of hydrogen-bond donors (Lipinski definition) is 2. The van der Waals surface area contributed by atoms with Gasteiger partial charge in [-0.1, -0.05) is 0 Å². The average molecular weight is 475 g/mol. The van der Waals surface area contributed by atoms with E-state index in [1.807, 2.05) is 13.0 Å². The van der Waals surface area contributed by atoms with Crippen molar-refractivity contribution in [1.29, 1.82) is 5.26 Å². The van der Waals surface area contributed by atoms with E-state index in [4.69, 9.17) is 5.73 Å². The molecular formula is C24H25F4N5O. The Morgan fingerprint density at radius 1 is 1.32 bits per heavy atom. The summed E-state index contributed by atoms with van der Waals surface area (Å²) in [5.74, 6) is -1.83. The molecule has 180 valence electrons. The number of hydrogen-bond acceptors (Lipinski definition) is 5. The minimum Gasteiger partial charge on any atom is -0.368 e. The Kier molecular flexibility index (Phi) is 6.49. The van der Waals surface area contributed by atoms with Crippen LogP contribution in [0.4, 0.5) is 23.2 Å². The van der Waals surface area contributed by atoms with Gasteiger partial charge in [-0.3, -0.25) is 4.79 Å². The first kappa shape index (κ1) is 24.0. The van der Waals surface area contributed by atoms with Crippen molar-refractivity contribution in [2.24, 2.45) is 11.7 Å². The zero-order valence-corrected chi connectivity index (χ0v) is 18.6. The van der Waals surface area contributed by atoms with E-state index in [-0.39, 0.29) is 53.6 Å². The van der Waals surface area contributed by atoms with Gasteiger partial charge in [-0.15, -0.1) is 0 Å². The van der Waals surface area contributed by atoms with Gasteiger partial charge in [-0.05, 0) is 49.8 Å². The molecule has 1 aromatic carbocycles. The Labute approximate surface area is 194 Å². The molecule has 2 atom stereocenters. The third kappa shape index (κ3) is 4.99. The van der Waals surface area contributed by atoms with Crippen LogP contribution in [0.3, 0.4) is 0 Å². The minimum absolute atomic E-state index is 0.0184. The fourth-order valence-electron chi connectivity index (χ4n) is 4.61. The molecule has 0 radical (unpaired) electrons. The van der Waals surface area contributed by atoms with Gasteiger partial charge in [0.15, 0.2) is 0 Å². The van der Waals surface area contributed by atoms with Crippen LogP contribution in [-0.2, 0) is 0 Å². The molecule has 34 heavy (non-hydrogen) atoms. The summed E-state index contributed by atoms with van der Waals surface area (Å²) in [6, 6.07) is 4.60. The summed E-state index contributed by atoms with van der Waals surface area (Å²) in [4.78, 5) is 19.0. The van der Waals surface area contributed by atoms with Gasteiger partial charge in [0.05, 0.1) is 11.3 Å². The maximum absolute atomic E-state index is 14.1. The molecule has 10 heteroatoms. The summed E-state index contributed by atoms with van der Waals surface area (Å²) in [6.45, 7) is 2.09. The van der Waals surface area contributed by atoms with Gasteiger partial charge in [0.25, 0.3) is 5.91 Å². The number of nitrogens with one attached hydrogen (secondary N) is 1. The number of pyridine rings is 1. The van der Waals surface area contributed by atoms with E-state index in [1.165, 1.54) is 6.20 Å². The number of nitriles is 1. The van der Waals surface area contributed by atoms with E-state index in [9.17, 15) is 27.6 Å². The highest BCUT2D eigenvalue weighted by molar-refractivity contribution is 6.04. The number of amides is 1. The van der Waals surface area contributed by atoms with Crippen LogP contribution in [0, 0.1) is 28.9 Å². The average Bonchev–Trinajstić information content (AvgIpc) is 3.54. The van der Waals surface area contributed by atoms with E-state index < -0.39 is 35.9 Å². The van der Waals surface area contributed by atoms with E-state index >= 15 is 0 Å². The van der Waals surface area contributed by atoms with E-state index in [0.29, 0.717) is 12.0 Å². The number of carbonyl (C=O) groups is 1. The van der Waals surface area contributed by atoms with Gasteiger partial charge in [-0.25, -0.2) is 22.5 Å². The highest BCUT2D eigenvalue weighted by atomic mass is 19.3. The van der Waals surface area contributed by atoms with Crippen LogP contribution in [-0.4, -0.2) is 42.0 Å². The predicted octanol–water partition coefficient (Wildman–Crippen LogP) is 3.99. The molecule has 4 rings (SSSR count). The highest BCUT2D eigenvalue weighted by Crippen LogP contribution is 2.41. The molecule has 6 nitrogen and oxygen atoms in total. The first-order chi connectivity index (χ1) is 16.1. The second kappa shape index (κ2) is 9.22. The van der Waals surface area contributed by atoms with Gasteiger partial charge in [0, 0.05) is 48.9 Å². The fourth-order valence-corrected chi connectivity index (χ4v) is 4.61. The molecule has 1 unspecified atom stereocenters. The molecule has 1 saturated heterocycles. The zero-order chi connectivity index (χ0) is 24.6. The van der Waals surface area contributed by atoms with Crippen LogP contribution in [0.5, 0.6) is 0 Å². The van der Waals surface area contributed by atoms with Crippen LogP contribution in [0.1, 0.15) is 48.7 Å². The minimum atomic E-state index is -2.61. The lowest BCUT2D eigenvalue weighted by Gasteiger charge is -2.28. The van der Waals surface area contributed by atoms with Crippen LogP contribution in [0.25, 0.3) is 11.1 Å². The Balaban J connectivity index is 1.85. The smallest absolute Gasteiger partial charge is 0.255 e. The third-order valence-corrected chi connectivity index (χ3v) is 6.50. The molecule has 1 amide bonds. The van der Waals surface area contributed by atoms with Crippen molar-refractivity contribution in [2.75, 3.05) is 18.0 Å². The van der Waals surface area contributed by atoms with Crippen LogP contribution in [0.2, 0.25) is 0 Å². The predicted molar refractivity (Wildman–Crippen MR) is 118 cm³/mol. The number of nitrogens with zero attached hydrogens (tertiary/aromatic N) is 3. The number of alkyl halides is 2. The summed E-state index contributed by atoms with van der Waals surface area (Å²) < 4.78 is 54.5. The number of carbonyl (C=O) groups excluding carboxylic acids is 1. The largest absolute Gasteiger partial charge is 0.368 e. The number of nitrogens with two attached hydrogens (primary N) is 1. The van der Waals surface area contributed by atoms with Gasteiger partial charge < -0.3 is 16.0 Å². The van der Waals surface area contributed by atoms with Crippen molar-refractivity contribution in [1.82, 2.24) is 10.3 Å². The SMILES string of the molecule is CC(NC(=O)c1cnc(C#N)c(-c2cc(F)cc(F)c2)c1N1CC[C@](N)(CC(F)F)C1)C1CC1. The number of benzene rings is 1. The van der Waals surface area contributed by atoms with Crippen molar-refractivity contribution in [3.63, 3.8) is 0 Å². The standard InChI is InChI=1S/C24H25F4N5O/c1-13(14-2-3-14)32-23(34)18-11-31-19(10-29)21(15-6-16(25)8-17(26)7-15)22(18)33-5-4-24(30,12-33)9-20(27)28/h6-8,11,13-14,20H,2-5,9,12,30H2,1H3,(H,32,34)/t13?,24-/m0/s1. The molecule has 1 saturated carbocycles. The van der Waals surface area contributed by atoms with Gasteiger partial charge >= 0.3 is 0 Å². The summed E-state index contributed by atoms with van der Waals surface area (Å²) in [7, 11) is 0. The number of anilines is 1. The van der Waals surface area contributed by atoms with E-state index in [0.717, 1.165) is 25.0 Å². The third-order valence-electron chi connectivity index (χ3n) is 6.50. The van der Waals surface area contributed by atoms with Crippen LogP contribution < -0.4 is 16.0 Å². The highest BCUT2D eigenvalue weighted by Gasteiger charge is 2.40. The Morgan fingerprint density at radius 2 is 2.00 bits per heavy atom. The van der Waals surface area contributed by atoms with Crippen molar-refractivity contribution >= 4 is 11.6 Å². The number of rotatable bonds is 7. The quantitative estimate of drug-likeness (QED) is 0.591. The van der Waals surface area contributed by atoms with E-state index in [1.54, 1.807) is 4.90 Å². The normalized spacial score (nSPS) is 20.9. The van der Waals surface area contributed by atoms with Gasteiger partial charge in [0.1, 0.15) is 23.4 Å². The Bertz CT molecular complexity index is 1130. The molecule has 3 N–H and O–H groups in total. The van der Waals surface area contributed by atoms with E-state index in [2.05, 4.69) is 10.3 Å².